The first-order valence-electron chi connectivity index (χ1n) is 9.81. The molecule has 0 fully saturated rings. The number of para-hydroxylation sites is 3. The van der Waals surface area contributed by atoms with Crippen LogP contribution in [0.5, 0.6) is 0 Å². The molecule has 0 bridgehead atoms. The fraction of sp³-hybridized carbons (Fsp3) is 0.0833. The maximum absolute atomic E-state index is 13.4. The summed E-state index contributed by atoms with van der Waals surface area (Å²) < 4.78 is 15.4. The van der Waals surface area contributed by atoms with Crippen LogP contribution < -0.4 is 0 Å². The van der Waals surface area contributed by atoms with Crippen LogP contribution >= 0.6 is 11.8 Å². The van der Waals surface area contributed by atoms with Gasteiger partial charge in [0.05, 0.1) is 22.4 Å². The van der Waals surface area contributed by atoms with E-state index >= 15 is 0 Å². The van der Waals surface area contributed by atoms with Crippen LogP contribution in [-0.2, 0) is 5.75 Å². The molecule has 5 aromatic rings. The molecule has 0 amide bonds. The summed E-state index contributed by atoms with van der Waals surface area (Å²) in [7, 11) is 0. The lowest BCUT2D eigenvalue weighted by molar-refractivity contribution is 0.628. The molecule has 3 aromatic carbocycles. The molecule has 0 aliphatic carbocycles. The summed E-state index contributed by atoms with van der Waals surface area (Å²) in [5.41, 5.74) is 5.31. The minimum atomic E-state index is -0.283. The topological polar surface area (TPSA) is 56.5 Å². The second kappa shape index (κ2) is 8.28. The van der Waals surface area contributed by atoms with E-state index in [2.05, 4.69) is 15.2 Å². The van der Waals surface area contributed by atoms with Gasteiger partial charge in [-0.05, 0) is 55.5 Å². The van der Waals surface area contributed by atoms with Crippen LogP contribution in [0.25, 0.3) is 28.1 Å². The standard InChI is InChI=1S/C24H18FN5S/c1-16-22(27-21-10-6-5-9-20(21)26-16)15-31-24-29-28-23(17-11-13-18(25)14-12-17)30(24)19-7-3-2-4-8-19/h2-14H,15H2,1H3. The number of hydrogen-bond donors (Lipinski definition) is 0. The molecule has 2 heterocycles. The molecule has 2 aromatic heterocycles. The number of fused-ring (bicyclic) bond motifs is 1. The van der Waals surface area contributed by atoms with E-state index in [0.29, 0.717) is 11.6 Å². The molecule has 152 valence electrons. The summed E-state index contributed by atoms with van der Waals surface area (Å²) in [6.07, 6.45) is 0. The van der Waals surface area contributed by atoms with Crippen LogP contribution in [0.3, 0.4) is 0 Å². The summed E-state index contributed by atoms with van der Waals surface area (Å²) >= 11 is 1.55. The van der Waals surface area contributed by atoms with Crippen molar-refractivity contribution in [2.24, 2.45) is 0 Å². The number of aryl methyl sites for hydroxylation is 1. The van der Waals surface area contributed by atoms with Gasteiger partial charge in [0.15, 0.2) is 11.0 Å². The number of hydrogen-bond acceptors (Lipinski definition) is 5. The van der Waals surface area contributed by atoms with Gasteiger partial charge >= 0.3 is 0 Å². The summed E-state index contributed by atoms with van der Waals surface area (Å²) in [6.45, 7) is 1.97. The maximum atomic E-state index is 13.4. The van der Waals surface area contributed by atoms with Gasteiger partial charge in [-0.1, -0.05) is 42.1 Å². The lowest BCUT2D eigenvalue weighted by Gasteiger charge is -2.11. The highest BCUT2D eigenvalue weighted by Crippen LogP contribution is 2.30. The van der Waals surface area contributed by atoms with Gasteiger partial charge in [0.2, 0.25) is 0 Å². The van der Waals surface area contributed by atoms with Crippen molar-refractivity contribution in [2.45, 2.75) is 17.8 Å². The van der Waals surface area contributed by atoms with Gasteiger partial charge in [0.1, 0.15) is 5.82 Å². The van der Waals surface area contributed by atoms with Gasteiger partial charge in [-0.3, -0.25) is 4.57 Å². The third-order valence-corrected chi connectivity index (χ3v) is 5.87. The van der Waals surface area contributed by atoms with Crippen molar-refractivity contribution in [3.63, 3.8) is 0 Å². The van der Waals surface area contributed by atoms with Gasteiger partial charge in [-0.15, -0.1) is 10.2 Å². The fourth-order valence-corrected chi connectivity index (χ4v) is 4.31. The van der Waals surface area contributed by atoms with E-state index in [4.69, 9.17) is 4.98 Å². The predicted molar refractivity (Wildman–Crippen MR) is 121 cm³/mol. The van der Waals surface area contributed by atoms with Crippen molar-refractivity contribution >= 4 is 22.8 Å². The van der Waals surface area contributed by atoms with E-state index in [-0.39, 0.29) is 5.82 Å². The second-order valence-corrected chi connectivity index (χ2v) is 7.96. The second-order valence-electron chi connectivity index (χ2n) is 7.02. The fourth-order valence-electron chi connectivity index (χ4n) is 3.35. The van der Waals surface area contributed by atoms with Crippen LogP contribution in [0.1, 0.15) is 11.4 Å². The maximum Gasteiger partial charge on any atom is 0.196 e. The SMILES string of the molecule is Cc1nc2ccccc2nc1CSc1nnc(-c2ccc(F)cc2)n1-c1ccccc1. The average Bonchev–Trinajstić information content (AvgIpc) is 3.22. The normalized spacial score (nSPS) is 11.2. The molecule has 0 radical (unpaired) electrons. The molecular weight excluding hydrogens is 409 g/mol. The van der Waals surface area contributed by atoms with Gasteiger partial charge in [0.25, 0.3) is 0 Å². The van der Waals surface area contributed by atoms with Gasteiger partial charge in [-0.2, -0.15) is 0 Å². The Labute approximate surface area is 183 Å². The van der Waals surface area contributed by atoms with E-state index < -0.39 is 0 Å². The third-order valence-electron chi connectivity index (χ3n) is 4.93. The molecule has 0 saturated heterocycles. The Hall–Kier alpha value is -3.58. The van der Waals surface area contributed by atoms with Crippen molar-refractivity contribution in [1.82, 2.24) is 24.7 Å². The first kappa shape index (κ1) is 19.4. The Bertz CT molecular complexity index is 1350. The summed E-state index contributed by atoms with van der Waals surface area (Å²) in [5, 5.41) is 9.58. The molecule has 0 spiro atoms. The van der Waals surface area contributed by atoms with Crippen molar-refractivity contribution in [3.05, 3.63) is 96.1 Å². The zero-order valence-corrected chi connectivity index (χ0v) is 17.6. The number of rotatable bonds is 5. The lowest BCUT2D eigenvalue weighted by atomic mass is 10.2. The minimum absolute atomic E-state index is 0.283. The number of halogens is 1. The Morgan fingerprint density at radius 3 is 2.23 bits per heavy atom. The molecule has 0 atom stereocenters. The van der Waals surface area contributed by atoms with E-state index in [9.17, 15) is 4.39 Å². The molecule has 7 heteroatoms. The third kappa shape index (κ3) is 3.92. The average molecular weight is 428 g/mol. The predicted octanol–water partition coefficient (Wildman–Crippen LogP) is 5.62. The van der Waals surface area contributed by atoms with E-state index in [1.54, 1.807) is 23.9 Å². The van der Waals surface area contributed by atoms with Crippen LogP contribution in [0.4, 0.5) is 4.39 Å². The summed E-state index contributed by atoms with van der Waals surface area (Å²) in [6, 6.07) is 24.1. The quantitative estimate of drug-likeness (QED) is 0.341. The molecule has 0 aliphatic rings. The molecule has 0 N–H and O–H groups in total. The summed E-state index contributed by atoms with van der Waals surface area (Å²) in [4.78, 5) is 9.46. The zero-order valence-electron chi connectivity index (χ0n) is 16.7. The highest BCUT2D eigenvalue weighted by molar-refractivity contribution is 7.98. The molecular formula is C24H18FN5S. The monoisotopic (exact) mass is 427 g/mol. The molecule has 5 rings (SSSR count). The van der Waals surface area contributed by atoms with Crippen molar-refractivity contribution < 1.29 is 4.39 Å². The Morgan fingerprint density at radius 2 is 1.48 bits per heavy atom. The van der Waals surface area contributed by atoms with Crippen molar-refractivity contribution in [1.29, 1.82) is 0 Å². The number of nitrogens with zero attached hydrogens (tertiary/aromatic N) is 5. The lowest BCUT2D eigenvalue weighted by Crippen LogP contribution is -2.01. The van der Waals surface area contributed by atoms with Gasteiger partial charge < -0.3 is 0 Å². The molecule has 0 saturated carbocycles. The first-order valence-corrected chi connectivity index (χ1v) is 10.8. The van der Waals surface area contributed by atoms with Crippen LogP contribution in [0, 0.1) is 12.7 Å². The molecule has 0 unspecified atom stereocenters. The van der Waals surface area contributed by atoms with Crippen LogP contribution in [-0.4, -0.2) is 24.7 Å². The number of aromatic nitrogens is 5. The van der Waals surface area contributed by atoms with Crippen molar-refractivity contribution in [2.75, 3.05) is 0 Å². The van der Waals surface area contributed by atoms with Gasteiger partial charge in [-0.25, -0.2) is 14.4 Å². The Kier molecular flexibility index (Phi) is 5.18. The highest BCUT2D eigenvalue weighted by atomic mass is 32.2. The highest BCUT2D eigenvalue weighted by Gasteiger charge is 2.17. The Morgan fingerprint density at radius 1 is 0.806 bits per heavy atom. The van der Waals surface area contributed by atoms with Crippen molar-refractivity contribution in [3.8, 4) is 17.1 Å². The van der Waals surface area contributed by atoms with Crippen LogP contribution in [0.2, 0.25) is 0 Å². The van der Waals surface area contributed by atoms with E-state index in [1.165, 1.54) is 12.1 Å². The smallest absolute Gasteiger partial charge is 0.196 e. The summed E-state index contributed by atoms with van der Waals surface area (Å²) in [5.74, 6) is 0.988. The minimum Gasteiger partial charge on any atom is -0.270 e. The Balaban J connectivity index is 1.52. The zero-order chi connectivity index (χ0) is 21.2. The first-order chi connectivity index (χ1) is 15.2. The van der Waals surface area contributed by atoms with E-state index in [0.717, 1.165) is 38.8 Å². The van der Waals surface area contributed by atoms with Crippen LogP contribution in [0.15, 0.2) is 84.0 Å². The number of thioether (sulfide) groups is 1. The molecule has 31 heavy (non-hydrogen) atoms. The largest absolute Gasteiger partial charge is 0.270 e. The molecule has 0 aliphatic heterocycles. The number of benzene rings is 3. The van der Waals surface area contributed by atoms with E-state index in [1.807, 2.05) is 66.1 Å². The molecule has 5 nitrogen and oxygen atoms in total. The van der Waals surface area contributed by atoms with Gasteiger partial charge in [0, 0.05) is 17.0 Å².